The second-order valence-corrected chi connectivity index (χ2v) is 6.42. The molecule has 1 heterocycles. The Morgan fingerprint density at radius 3 is 2.39 bits per heavy atom. The second-order valence-electron chi connectivity index (χ2n) is 6.42. The van der Waals surface area contributed by atoms with E-state index in [1.54, 1.807) is 11.0 Å². The number of amides is 2. The van der Waals surface area contributed by atoms with Crippen molar-refractivity contribution in [3.63, 3.8) is 0 Å². The zero-order valence-electron chi connectivity index (χ0n) is 15.3. The first-order valence-electron chi connectivity index (χ1n) is 9.06. The number of carbonyl (C=O) groups is 1. The van der Waals surface area contributed by atoms with Crippen molar-refractivity contribution in [3.8, 4) is 5.75 Å². The number of hydrogen-bond donors (Lipinski definition) is 1. The summed E-state index contributed by atoms with van der Waals surface area (Å²) in [5, 5.41) is 2.80. The van der Waals surface area contributed by atoms with Gasteiger partial charge in [-0.3, -0.25) is 0 Å². The zero-order chi connectivity index (χ0) is 20.0. The molecule has 0 atom stereocenters. The lowest BCUT2D eigenvalue weighted by atomic mass is 10.1. The quantitative estimate of drug-likeness (QED) is 0.790. The molecule has 0 radical (unpaired) electrons. The molecular weight excluding hydrogens is 371 g/mol. The molecule has 8 heteroatoms. The first-order chi connectivity index (χ1) is 13.4. The van der Waals surface area contributed by atoms with Crippen molar-refractivity contribution < 1.29 is 22.7 Å². The molecule has 3 rings (SSSR count). The topological polar surface area (TPSA) is 44.8 Å². The Bertz CT molecular complexity index is 776. The molecule has 28 heavy (non-hydrogen) atoms. The van der Waals surface area contributed by atoms with Crippen LogP contribution in [0.5, 0.6) is 5.75 Å². The molecule has 1 aliphatic rings. The van der Waals surface area contributed by atoms with Gasteiger partial charge in [0, 0.05) is 31.9 Å². The summed E-state index contributed by atoms with van der Waals surface area (Å²) in [6.45, 7) is 2.59. The molecule has 2 aromatic rings. The van der Waals surface area contributed by atoms with Gasteiger partial charge >= 0.3 is 12.2 Å². The number of rotatable bonds is 5. The number of para-hydroxylation sites is 1. The van der Waals surface area contributed by atoms with Crippen LogP contribution < -0.4 is 15.0 Å². The maximum atomic E-state index is 12.9. The average Bonchev–Trinajstić information content (AvgIpc) is 2.71. The Hall–Kier alpha value is -2.90. The summed E-state index contributed by atoms with van der Waals surface area (Å²) in [5.74, 6) is 0.742. The highest BCUT2D eigenvalue weighted by Crippen LogP contribution is 2.31. The molecule has 0 bridgehead atoms. The summed E-state index contributed by atoms with van der Waals surface area (Å²) in [5.41, 5.74) is -0.144. The van der Waals surface area contributed by atoms with Crippen LogP contribution in [0.1, 0.15) is 5.56 Å². The smallest absolute Gasteiger partial charge is 0.416 e. The van der Waals surface area contributed by atoms with Gasteiger partial charge in [0.2, 0.25) is 0 Å². The molecule has 1 N–H and O–H groups in total. The van der Waals surface area contributed by atoms with Gasteiger partial charge in [0.05, 0.1) is 12.1 Å². The lowest BCUT2D eigenvalue weighted by Gasteiger charge is -2.36. The van der Waals surface area contributed by atoms with Crippen molar-refractivity contribution in [1.82, 2.24) is 10.2 Å². The number of nitrogens with zero attached hydrogens (tertiary/aromatic N) is 2. The summed E-state index contributed by atoms with van der Waals surface area (Å²) in [7, 11) is 0. The van der Waals surface area contributed by atoms with Crippen molar-refractivity contribution in [2.75, 3.05) is 44.2 Å². The van der Waals surface area contributed by atoms with Crippen LogP contribution in [0.15, 0.2) is 54.6 Å². The van der Waals surface area contributed by atoms with Crippen LogP contribution in [0, 0.1) is 0 Å². The Morgan fingerprint density at radius 2 is 1.71 bits per heavy atom. The van der Waals surface area contributed by atoms with Gasteiger partial charge in [0.15, 0.2) is 0 Å². The van der Waals surface area contributed by atoms with E-state index in [-0.39, 0.29) is 6.03 Å². The van der Waals surface area contributed by atoms with Gasteiger partial charge in [0.25, 0.3) is 0 Å². The third kappa shape index (κ3) is 5.31. The Morgan fingerprint density at radius 1 is 1.00 bits per heavy atom. The van der Waals surface area contributed by atoms with E-state index in [0.717, 1.165) is 17.9 Å². The number of urea groups is 1. The van der Waals surface area contributed by atoms with Crippen LogP contribution >= 0.6 is 0 Å². The summed E-state index contributed by atoms with van der Waals surface area (Å²) in [6.07, 6.45) is -4.36. The van der Waals surface area contributed by atoms with Crippen LogP contribution in [-0.2, 0) is 6.18 Å². The number of ether oxygens (including phenoxy) is 1. The number of benzene rings is 2. The van der Waals surface area contributed by atoms with E-state index in [0.29, 0.717) is 45.0 Å². The highest BCUT2D eigenvalue weighted by atomic mass is 19.4. The first kappa shape index (κ1) is 19.9. The Balaban J connectivity index is 1.43. The fourth-order valence-corrected chi connectivity index (χ4v) is 3.00. The maximum Gasteiger partial charge on any atom is 0.416 e. The third-order valence-corrected chi connectivity index (χ3v) is 4.50. The number of hydrogen-bond acceptors (Lipinski definition) is 3. The van der Waals surface area contributed by atoms with Gasteiger partial charge in [0.1, 0.15) is 12.4 Å². The van der Waals surface area contributed by atoms with Crippen molar-refractivity contribution in [1.29, 1.82) is 0 Å². The highest BCUT2D eigenvalue weighted by Gasteiger charge is 2.31. The standard InChI is InChI=1S/C20H22F3N3O2/c21-20(22,23)16-5-4-6-17(15-16)25-10-12-26(13-11-25)19(27)24-9-14-28-18-7-2-1-3-8-18/h1-8,15H,9-14H2,(H,24,27). The van der Waals surface area contributed by atoms with Gasteiger partial charge in [-0.1, -0.05) is 24.3 Å². The number of carbonyl (C=O) groups excluding carboxylic acids is 1. The molecule has 5 nitrogen and oxygen atoms in total. The van der Waals surface area contributed by atoms with Crippen molar-refractivity contribution in [3.05, 3.63) is 60.2 Å². The van der Waals surface area contributed by atoms with E-state index in [1.165, 1.54) is 6.07 Å². The number of halogens is 3. The third-order valence-electron chi connectivity index (χ3n) is 4.50. The van der Waals surface area contributed by atoms with E-state index in [4.69, 9.17) is 4.74 Å². The molecular formula is C20H22F3N3O2. The number of nitrogens with one attached hydrogen (secondary N) is 1. The minimum absolute atomic E-state index is 0.194. The fraction of sp³-hybridized carbons (Fsp3) is 0.350. The number of alkyl halides is 3. The van der Waals surface area contributed by atoms with Crippen LogP contribution in [0.2, 0.25) is 0 Å². The van der Waals surface area contributed by atoms with Crippen LogP contribution in [0.25, 0.3) is 0 Å². The van der Waals surface area contributed by atoms with E-state index in [1.807, 2.05) is 35.2 Å². The predicted molar refractivity (Wildman–Crippen MR) is 101 cm³/mol. The van der Waals surface area contributed by atoms with Crippen LogP contribution in [0.3, 0.4) is 0 Å². The summed E-state index contributed by atoms with van der Waals surface area (Å²) in [4.78, 5) is 15.7. The Labute approximate surface area is 161 Å². The molecule has 0 saturated carbocycles. The SMILES string of the molecule is O=C(NCCOc1ccccc1)N1CCN(c2cccc(C(F)(F)F)c2)CC1. The molecule has 150 valence electrons. The lowest BCUT2D eigenvalue weighted by Crippen LogP contribution is -2.52. The summed E-state index contributed by atoms with van der Waals surface area (Å²) in [6, 6.07) is 14.4. The first-order valence-corrected chi connectivity index (χ1v) is 9.06. The van der Waals surface area contributed by atoms with Crippen molar-refractivity contribution in [2.24, 2.45) is 0 Å². The second kappa shape index (κ2) is 8.86. The Kier molecular flexibility index (Phi) is 6.28. The van der Waals surface area contributed by atoms with Gasteiger partial charge < -0.3 is 19.9 Å². The number of anilines is 1. The summed E-state index contributed by atoms with van der Waals surface area (Å²) >= 11 is 0. The minimum Gasteiger partial charge on any atom is -0.492 e. The highest BCUT2D eigenvalue weighted by molar-refractivity contribution is 5.74. The molecule has 0 unspecified atom stereocenters. The zero-order valence-corrected chi connectivity index (χ0v) is 15.3. The lowest BCUT2D eigenvalue weighted by molar-refractivity contribution is -0.137. The molecule has 1 aliphatic heterocycles. The maximum absolute atomic E-state index is 12.9. The minimum atomic E-state index is -4.36. The summed E-state index contributed by atoms with van der Waals surface area (Å²) < 4.78 is 44.1. The monoisotopic (exact) mass is 393 g/mol. The molecule has 2 aromatic carbocycles. The molecule has 1 saturated heterocycles. The fourth-order valence-electron chi connectivity index (χ4n) is 3.00. The van der Waals surface area contributed by atoms with Crippen LogP contribution in [-0.4, -0.2) is 50.3 Å². The predicted octanol–water partition coefficient (Wildman–Crippen LogP) is 3.62. The van der Waals surface area contributed by atoms with Crippen molar-refractivity contribution in [2.45, 2.75) is 6.18 Å². The van der Waals surface area contributed by atoms with Crippen LogP contribution in [0.4, 0.5) is 23.7 Å². The van der Waals surface area contributed by atoms with E-state index >= 15 is 0 Å². The molecule has 0 aliphatic carbocycles. The van der Waals surface area contributed by atoms with E-state index in [2.05, 4.69) is 5.32 Å². The van der Waals surface area contributed by atoms with Gasteiger partial charge in [-0.2, -0.15) is 13.2 Å². The van der Waals surface area contributed by atoms with Gasteiger partial charge in [-0.05, 0) is 30.3 Å². The number of piperazine rings is 1. The van der Waals surface area contributed by atoms with Gasteiger partial charge in [-0.15, -0.1) is 0 Å². The molecule has 1 fully saturated rings. The van der Waals surface area contributed by atoms with Gasteiger partial charge in [-0.25, -0.2) is 4.79 Å². The van der Waals surface area contributed by atoms with E-state index < -0.39 is 11.7 Å². The molecule has 2 amide bonds. The van der Waals surface area contributed by atoms with Crippen molar-refractivity contribution >= 4 is 11.7 Å². The molecule has 0 spiro atoms. The largest absolute Gasteiger partial charge is 0.492 e. The normalized spacial score (nSPS) is 14.7. The van der Waals surface area contributed by atoms with E-state index in [9.17, 15) is 18.0 Å². The average molecular weight is 393 g/mol. The molecule has 0 aromatic heterocycles.